The van der Waals surface area contributed by atoms with Crippen molar-refractivity contribution in [2.75, 3.05) is 7.05 Å². The van der Waals surface area contributed by atoms with E-state index in [0.29, 0.717) is 11.6 Å². The number of hydrogen-bond donors (Lipinski definition) is 1. The number of nitrogens with one attached hydrogen (secondary N) is 1. The zero-order valence-electron chi connectivity index (χ0n) is 13.8. The second-order valence-electron chi connectivity index (χ2n) is 7.12. The van der Waals surface area contributed by atoms with Crippen LogP contribution < -0.4 is 0 Å². The van der Waals surface area contributed by atoms with Crippen molar-refractivity contribution in [3.8, 4) is 0 Å². The molecule has 1 heterocycles. The molecule has 0 radical (unpaired) electrons. The predicted molar refractivity (Wildman–Crippen MR) is 89.5 cm³/mol. The van der Waals surface area contributed by atoms with E-state index in [-0.39, 0.29) is 11.9 Å². The molecule has 1 aromatic carbocycles. The fourth-order valence-corrected chi connectivity index (χ4v) is 3.99. The van der Waals surface area contributed by atoms with Crippen LogP contribution in [0, 0.1) is 5.92 Å². The van der Waals surface area contributed by atoms with Crippen LogP contribution in [0.5, 0.6) is 0 Å². The minimum Gasteiger partial charge on any atom is -0.337 e. The van der Waals surface area contributed by atoms with E-state index in [1.807, 2.05) is 11.9 Å². The maximum atomic E-state index is 13.0. The zero-order chi connectivity index (χ0) is 16.0. The highest BCUT2D eigenvalue weighted by Crippen LogP contribution is 2.29. The summed E-state index contributed by atoms with van der Waals surface area (Å²) in [6.07, 6.45) is 5.04. The monoisotopic (exact) mass is 309 g/mol. The van der Waals surface area contributed by atoms with E-state index >= 15 is 0 Å². The number of amides is 1. The molecule has 0 saturated heterocycles. The lowest BCUT2D eigenvalue weighted by Gasteiger charge is -2.25. The average Bonchev–Trinajstić information content (AvgIpc) is 3.16. The third-order valence-corrected chi connectivity index (χ3v) is 5.49. The number of carbonyl (C=O) groups excluding carboxylic acids is 1. The van der Waals surface area contributed by atoms with Crippen molar-refractivity contribution in [3.05, 3.63) is 52.3 Å². The Labute approximate surface area is 136 Å². The van der Waals surface area contributed by atoms with Crippen molar-refractivity contribution in [1.29, 1.82) is 0 Å². The Morgan fingerprint density at radius 1 is 1.22 bits per heavy atom. The fraction of sp³-hybridized carbons (Fsp3) is 0.474. The molecule has 0 bridgehead atoms. The zero-order valence-corrected chi connectivity index (χ0v) is 13.8. The van der Waals surface area contributed by atoms with Crippen LogP contribution in [0.25, 0.3) is 0 Å². The summed E-state index contributed by atoms with van der Waals surface area (Å²) in [5, 5.41) is 7.45. The minimum atomic E-state index is 0.0643. The Hall–Kier alpha value is -2.10. The number of aromatic amines is 1. The van der Waals surface area contributed by atoms with Crippen LogP contribution in [0.15, 0.2) is 24.3 Å². The molecule has 0 aliphatic heterocycles. The first-order valence-electron chi connectivity index (χ1n) is 8.53. The number of likely N-dealkylation sites (N-methyl/N-ethyl adjacent to an activating group) is 1. The summed E-state index contributed by atoms with van der Waals surface area (Å²) in [6, 6.07) is 8.74. The number of aryl methyl sites for hydroxylation is 1. The lowest BCUT2D eigenvalue weighted by atomic mass is 9.87. The second-order valence-corrected chi connectivity index (χ2v) is 7.12. The number of aromatic nitrogens is 2. The topological polar surface area (TPSA) is 49.0 Å². The van der Waals surface area contributed by atoms with Gasteiger partial charge in [0.05, 0.1) is 0 Å². The van der Waals surface area contributed by atoms with Gasteiger partial charge in [-0.25, -0.2) is 0 Å². The molecule has 1 atom stereocenters. The van der Waals surface area contributed by atoms with Crippen molar-refractivity contribution in [2.24, 2.45) is 5.92 Å². The molecule has 0 fully saturated rings. The predicted octanol–water partition coefficient (Wildman–Crippen LogP) is 2.77. The van der Waals surface area contributed by atoms with Crippen molar-refractivity contribution >= 4 is 5.91 Å². The maximum absolute atomic E-state index is 13.0. The van der Waals surface area contributed by atoms with Crippen LogP contribution in [-0.4, -0.2) is 34.1 Å². The van der Waals surface area contributed by atoms with Crippen LogP contribution in [0.1, 0.15) is 46.2 Å². The summed E-state index contributed by atoms with van der Waals surface area (Å²) in [5.74, 6) is 0.696. The molecule has 1 aromatic heterocycles. The van der Waals surface area contributed by atoms with Gasteiger partial charge in [0.1, 0.15) is 0 Å². The first kappa shape index (κ1) is 14.5. The van der Waals surface area contributed by atoms with Gasteiger partial charge in [0, 0.05) is 24.3 Å². The number of rotatable bonds is 2. The van der Waals surface area contributed by atoms with E-state index in [9.17, 15) is 4.79 Å². The summed E-state index contributed by atoms with van der Waals surface area (Å²) in [5.41, 5.74) is 5.69. The van der Waals surface area contributed by atoms with Gasteiger partial charge in [0.25, 0.3) is 5.91 Å². The molecule has 4 heteroatoms. The summed E-state index contributed by atoms with van der Waals surface area (Å²) in [4.78, 5) is 14.9. The van der Waals surface area contributed by atoms with Crippen molar-refractivity contribution in [3.63, 3.8) is 0 Å². The van der Waals surface area contributed by atoms with Gasteiger partial charge in [-0.2, -0.15) is 5.10 Å². The number of benzene rings is 1. The van der Waals surface area contributed by atoms with E-state index in [1.54, 1.807) is 0 Å². The first-order chi connectivity index (χ1) is 11.1. The molecule has 120 valence electrons. The van der Waals surface area contributed by atoms with Gasteiger partial charge in [0.2, 0.25) is 0 Å². The van der Waals surface area contributed by atoms with Gasteiger partial charge in [0.15, 0.2) is 5.69 Å². The van der Waals surface area contributed by atoms with Crippen LogP contribution in [0.2, 0.25) is 0 Å². The average molecular weight is 309 g/mol. The number of carbonyl (C=O) groups is 1. The lowest BCUT2D eigenvalue weighted by Crippen LogP contribution is -2.38. The Kier molecular flexibility index (Phi) is 3.47. The van der Waals surface area contributed by atoms with E-state index in [0.717, 1.165) is 36.9 Å². The van der Waals surface area contributed by atoms with Gasteiger partial charge < -0.3 is 4.90 Å². The van der Waals surface area contributed by atoms with E-state index in [4.69, 9.17) is 0 Å². The van der Waals surface area contributed by atoms with Gasteiger partial charge in [-0.05, 0) is 49.1 Å². The van der Waals surface area contributed by atoms with Crippen LogP contribution in [0.3, 0.4) is 0 Å². The molecule has 1 amide bonds. The Morgan fingerprint density at radius 3 is 2.61 bits per heavy atom. The Morgan fingerprint density at radius 2 is 1.91 bits per heavy atom. The van der Waals surface area contributed by atoms with Crippen molar-refractivity contribution in [1.82, 2.24) is 15.1 Å². The van der Waals surface area contributed by atoms with E-state index in [2.05, 4.69) is 41.4 Å². The highest BCUT2D eigenvalue weighted by Gasteiger charge is 2.31. The molecule has 4 rings (SSSR count). The number of nitrogens with zero attached hydrogens (tertiary/aromatic N) is 2. The molecule has 2 aromatic rings. The SMILES string of the molecule is C[C@@H]1CCc2[nH]nc(C(=O)N(C)C3Cc4ccccc4C3)c2C1. The van der Waals surface area contributed by atoms with Crippen molar-refractivity contribution < 1.29 is 4.79 Å². The number of H-pyrrole nitrogens is 1. The second kappa shape index (κ2) is 5.52. The highest BCUT2D eigenvalue weighted by molar-refractivity contribution is 5.94. The Bertz CT molecular complexity index is 724. The van der Waals surface area contributed by atoms with Crippen LogP contribution >= 0.6 is 0 Å². The lowest BCUT2D eigenvalue weighted by molar-refractivity contribution is 0.0730. The minimum absolute atomic E-state index is 0.0643. The molecule has 4 nitrogen and oxygen atoms in total. The summed E-state index contributed by atoms with van der Waals surface area (Å²) in [7, 11) is 1.92. The van der Waals surface area contributed by atoms with Gasteiger partial charge in [-0.1, -0.05) is 31.2 Å². The van der Waals surface area contributed by atoms with E-state index < -0.39 is 0 Å². The molecule has 0 unspecified atom stereocenters. The molecule has 2 aliphatic rings. The molecule has 23 heavy (non-hydrogen) atoms. The summed E-state index contributed by atoms with van der Waals surface area (Å²) in [6.45, 7) is 2.25. The third-order valence-electron chi connectivity index (χ3n) is 5.49. The fourth-order valence-electron chi connectivity index (χ4n) is 3.99. The summed E-state index contributed by atoms with van der Waals surface area (Å²) < 4.78 is 0. The molecular weight excluding hydrogens is 286 g/mol. The van der Waals surface area contributed by atoms with Gasteiger partial charge >= 0.3 is 0 Å². The molecule has 0 spiro atoms. The normalized spacial score (nSPS) is 20.2. The molecule has 2 aliphatic carbocycles. The van der Waals surface area contributed by atoms with Crippen molar-refractivity contribution in [2.45, 2.75) is 45.1 Å². The van der Waals surface area contributed by atoms with Gasteiger partial charge in [-0.3, -0.25) is 9.89 Å². The quantitative estimate of drug-likeness (QED) is 0.927. The maximum Gasteiger partial charge on any atom is 0.274 e. The smallest absolute Gasteiger partial charge is 0.274 e. The number of fused-ring (bicyclic) bond motifs is 2. The highest BCUT2D eigenvalue weighted by atomic mass is 16.2. The molecule has 0 saturated carbocycles. The van der Waals surface area contributed by atoms with Crippen LogP contribution in [0.4, 0.5) is 0 Å². The number of hydrogen-bond acceptors (Lipinski definition) is 2. The van der Waals surface area contributed by atoms with Gasteiger partial charge in [-0.15, -0.1) is 0 Å². The molecular formula is C19H23N3O. The third kappa shape index (κ3) is 2.46. The Balaban J connectivity index is 1.55. The molecule has 1 N–H and O–H groups in total. The van der Waals surface area contributed by atoms with Crippen LogP contribution in [-0.2, 0) is 25.7 Å². The summed E-state index contributed by atoms with van der Waals surface area (Å²) >= 11 is 0. The standard InChI is InChI=1S/C19H23N3O/c1-12-7-8-17-16(9-12)18(21-20-17)19(23)22(2)15-10-13-5-3-4-6-14(13)11-15/h3-6,12,15H,7-11H2,1-2H3,(H,20,21)/t12-/m1/s1. The largest absolute Gasteiger partial charge is 0.337 e. The first-order valence-corrected chi connectivity index (χ1v) is 8.53. The van der Waals surface area contributed by atoms with E-state index in [1.165, 1.54) is 17.5 Å².